The normalized spacial score (nSPS) is 10.8. The van der Waals surface area contributed by atoms with Gasteiger partial charge in [0.25, 0.3) is 0 Å². The molecule has 0 aliphatic carbocycles. The third-order valence-electron chi connectivity index (χ3n) is 3.02. The molecule has 0 aromatic heterocycles. The third-order valence-corrected chi connectivity index (χ3v) is 3.02. The van der Waals surface area contributed by atoms with Crippen LogP contribution in [0.1, 0.15) is 31.4 Å². The smallest absolute Gasteiger partial charge is 0.122 e. The van der Waals surface area contributed by atoms with E-state index in [9.17, 15) is 0 Å². The number of benzene rings is 1. The second kappa shape index (κ2) is 7.18. The predicted octanol–water partition coefficient (Wildman–Crippen LogP) is 2.50. The molecule has 0 aliphatic rings. The summed E-state index contributed by atoms with van der Waals surface area (Å²) in [7, 11) is 1.72. The van der Waals surface area contributed by atoms with Gasteiger partial charge >= 0.3 is 0 Å². The number of hydrogen-bond donors (Lipinski definition) is 1. The summed E-state index contributed by atoms with van der Waals surface area (Å²) in [5, 5.41) is 0. The molecule has 1 aromatic rings. The van der Waals surface area contributed by atoms with Crippen molar-refractivity contribution < 1.29 is 9.47 Å². The molecule has 3 heteroatoms. The fourth-order valence-corrected chi connectivity index (χ4v) is 1.55. The Morgan fingerprint density at radius 2 is 2.05 bits per heavy atom. The second-order valence-electron chi connectivity index (χ2n) is 5.05. The van der Waals surface area contributed by atoms with E-state index in [2.05, 4.69) is 25.7 Å². The third kappa shape index (κ3) is 5.34. The minimum Gasteiger partial charge on any atom is -0.493 e. The Morgan fingerprint density at radius 1 is 1.32 bits per heavy atom. The van der Waals surface area contributed by atoms with E-state index in [-0.39, 0.29) is 5.60 Å². The van der Waals surface area contributed by atoms with E-state index in [4.69, 9.17) is 15.2 Å². The van der Waals surface area contributed by atoms with Crippen LogP contribution in [-0.2, 0) is 4.74 Å². The Hall–Kier alpha value is -1.50. The molecule has 2 N–H and O–H groups in total. The van der Waals surface area contributed by atoms with Crippen molar-refractivity contribution in [2.45, 2.75) is 32.8 Å². The zero-order valence-electron chi connectivity index (χ0n) is 12.2. The molecule has 0 saturated heterocycles. The van der Waals surface area contributed by atoms with E-state index in [0.29, 0.717) is 13.2 Å². The Labute approximate surface area is 116 Å². The van der Waals surface area contributed by atoms with Crippen LogP contribution in [-0.4, -0.2) is 25.9 Å². The summed E-state index contributed by atoms with van der Waals surface area (Å²) in [5.41, 5.74) is 7.25. The van der Waals surface area contributed by atoms with Crippen molar-refractivity contribution in [2.75, 3.05) is 20.3 Å². The number of ether oxygens (including phenoxy) is 2. The molecule has 0 radical (unpaired) electrons. The molecule has 104 valence electrons. The Morgan fingerprint density at radius 3 is 2.63 bits per heavy atom. The number of aryl methyl sites for hydroxylation is 1. The van der Waals surface area contributed by atoms with Crippen LogP contribution in [0, 0.1) is 18.8 Å². The molecule has 0 spiro atoms. The lowest BCUT2D eigenvalue weighted by Gasteiger charge is -2.22. The van der Waals surface area contributed by atoms with E-state index in [1.54, 1.807) is 7.11 Å². The number of rotatable bonds is 5. The monoisotopic (exact) mass is 261 g/mol. The van der Waals surface area contributed by atoms with Crippen molar-refractivity contribution in [3.05, 3.63) is 29.3 Å². The maximum Gasteiger partial charge on any atom is 0.122 e. The van der Waals surface area contributed by atoms with Gasteiger partial charge in [-0.15, -0.1) is 0 Å². The van der Waals surface area contributed by atoms with Gasteiger partial charge in [-0.3, -0.25) is 0 Å². The summed E-state index contributed by atoms with van der Waals surface area (Å²) in [6.45, 7) is 7.13. The molecule has 19 heavy (non-hydrogen) atoms. The Bertz CT molecular complexity index is 469. The summed E-state index contributed by atoms with van der Waals surface area (Å²) in [5.74, 6) is 6.75. The molecule has 0 heterocycles. The fraction of sp³-hybridized carbons (Fsp3) is 0.500. The number of hydrogen-bond acceptors (Lipinski definition) is 3. The minimum absolute atomic E-state index is 0.152. The lowest BCUT2D eigenvalue weighted by Crippen LogP contribution is -2.25. The van der Waals surface area contributed by atoms with Crippen molar-refractivity contribution in [3.63, 3.8) is 0 Å². The van der Waals surface area contributed by atoms with Crippen molar-refractivity contribution in [3.8, 4) is 17.6 Å². The van der Waals surface area contributed by atoms with Crippen LogP contribution in [0.2, 0.25) is 0 Å². The van der Waals surface area contributed by atoms with Crippen molar-refractivity contribution in [1.82, 2.24) is 0 Å². The lowest BCUT2D eigenvalue weighted by molar-refractivity contribution is 0.00540. The average Bonchev–Trinajstić information content (AvgIpc) is 2.38. The van der Waals surface area contributed by atoms with Crippen molar-refractivity contribution in [1.29, 1.82) is 0 Å². The van der Waals surface area contributed by atoms with Gasteiger partial charge in [-0.2, -0.15) is 0 Å². The van der Waals surface area contributed by atoms with Crippen LogP contribution >= 0.6 is 0 Å². The average molecular weight is 261 g/mol. The lowest BCUT2D eigenvalue weighted by atomic mass is 10.1. The topological polar surface area (TPSA) is 44.5 Å². The molecule has 0 saturated carbocycles. The van der Waals surface area contributed by atoms with Gasteiger partial charge in [0.05, 0.1) is 18.8 Å². The molecule has 0 fully saturated rings. The second-order valence-corrected chi connectivity index (χ2v) is 5.05. The molecule has 0 unspecified atom stereocenters. The van der Waals surface area contributed by atoms with E-state index >= 15 is 0 Å². The van der Waals surface area contributed by atoms with Gasteiger partial charge in [-0.1, -0.05) is 11.8 Å². The highest BCUT2D eigenvalue weighted by Crippen LogP contribution is 2.20. The highest BCUT2D eigenvalue weighted by atomic mass is 16.5. The first-order valence-electron chi connectivity index (χ1n) is 6.46. The van der Waals surface area contributed by atoms with Crippen LogP contribution in [0.15, 0.2) is 18.2 Å². The van der Waals surface area contributed by atoms with Crippen LogP contribution in [0.3, 0.4) is 0 Å². The van der Waals surface area contributed by atoms with E-state index in [1.165, 1.54) is 0 Å². The van der Waals surface area contributed by atoms with E-state index < -0.39 is 0 Å². The highest BCUT2D eigenvalue weighted by molar-refractivity contribution is 5.43. The fourth-order valence-electron chi connectivity index (χ4n) is 1.55. The summed E-state index contributed by atoms with van der Waals surface area (Å²) in [4.78, 5) is 0. The highest BCUT2D eigenvalue weighted by Gasteiger charge is 2.16. The standard InChI is InChI=1S/C16H23NO2/c1-13-12-14(6-5-10-17)7-8-15(13)19-11-9-16(2,3)18-4/h7-8,12H,9-11,17H2,1-4H3. The van der Waals surface area contributed by atoms with E-state index in [0.717, 1.165) is 23.3 Å². The summed E-state index contributed by atoms with van der Waals surface area (Å²) in [6.07, 6.45) is 0.845. The van der Waals surface area contributed by atoms with Crippen molar-refractivity contribution in [2.24, 2.45) is 5.73 Å². The molecule has 3 nitrogen and oxygen atoms in total. The Kier molecular flexibility index (Phi) is 5.88. The van der Waals surface area contributed by atoms with Gasteiger partial charge in [0.1, 0.15) is 5.75 Å². The SMILES string of the molecule is COC(C)(C)CCOc1ccc(C#CCN)cc1C. The maximum absolute atomic E-state index is 5.78. The first-order chi connectivity index (χ1) is 8.98. The Balaban J connectivity index is 2.60. The van der Waals surface area contributed by atoms with Gasteiger partial charge in [-0.25, -0.2) is 0 Å². The zero-order chi connectivity index (χ0) is 14.3. The maximum atomic E-state index is 5.78. The zero-order valence-corrected chi connectivity index (χ0v) is 12.2. The summed E-state index contributed by atoms with van der Waals surface area (Å²) in [6, 6.07) is 5.92. The molecular formula is C16H23NO2. The van der Waals surface area contributed by atoms with Crippen LogP contribution in [0.4, 0.5) is 0 Å². The predicted molar refractivity (Wildman–Crippen MR) is 78.3 cm³/mol. The molecule has 0 atom stereocenters. The molecule has 1 rings (SSSR count). The quantitative estimate of drug-likeness (QED) is 0.828. The number of nitrogens with two attached hydrogens (primary N) is 1. The minimum atomic E-state index is -0.152. The van der Waals surface area contributed by atoms with Gasteiger partial charge in [0, 0.05) is 19.1 Å². The van der Waals surface area contributed by atoms with Crippen molar-refractivity contribution >= 4 is 0 Å². The van der Waals surface area contributed by atoms with Gasteiger partial charge in [0.2, 0.25) is 0 Å². The first-order valence-corrected chi connectivity index (χ1v) is 6.46. The van der Waals surface area contributed by atoms with Gasteiger partial charge < -0.3 is 15.2 Å². The summed E-state index contributed by atoms with van der Waals surface area (Å²) >= 11 is 0. The largest absolute Gasteiger partial charge is 0.493 e. The van der Waals surface area contributed by atoms with Crippen LogP contribution < -0.4 is 10.5 Å². The molecule has 1 aromatic carbocycles. The molecular weight excluding hydrogens is 238 g/mol. The summed E-state index contributed by atoms with van der Waals surface area (Å²) < 4.78 is 11.1. The van der Waals surface area contributed by atoms with Crippen LogP contribution in [0.25, 0.3) is 0 Å². The van der Waals surface area contributed by atoms with E-state index in [1.807, 2.05) is 25.1 Å². The number of methoxy groups -OCH3 is 1. The van der Waals surface area contributed by atoms with Crippen LogP contribution in [0.5, 0.6) is 5.75 Å². The van der Waals surface area contributed by atoms with Gasteiger partial charge in [0.15, 0.2) is 0 Å². The molecule has 0 amide bonds. The van der Waals surface area contributed by atoms with Gasteiger partial charge in [-0.05, 0) is 44.5 Å². The molecule has 0 aliphatic heterocycles. The first kappa shape index (κ1) is 15.6. The molecule has 0 bridgehead atoms.